The van der Waals surface area contributed by atoms with Gasteiger partial charge in [-0.3, -0.25) is 4.79 Å². The SMILES string of the molecule is O=C1C(c2c(O)c3ccccc3n2[C@H]2O[C@H](CO)[C@@H](O)[C@H](O)[C@@H]2O)=Nc2ccccc21. The number of fused-ring (bicyclic) bond motifs is 2. The second-order valence-electron chi connectivity index (χ2n) is 7.61. The van der Waals surface area contributed by atoms with Crippen molar-refractivity contribution in [3.63, 3.8) is 0 Å². The summed E-state index contributed by atoms with van der Waals surface area (Å²) in [6, 6.07) is 13.5. The lowest BCUT2D eigenvalue weighted by Gasteiger charge is -2.41. The van der Waals surface area contributed by atoms with Crippen LogP contribution in [0, 0.1) is 0 Å². The Kier molecular flexibility index (Phi) is 4.65. The maximum atomic E-state index is 13.1. The Labute approximate surface area is 176 Å². The minimum Gasteiger partial charge on any atom is -0.505 e. The molecule has 0 radical (unpaired) electrons. The van der Waals surface area contributed by atoms with Gasteiger partial charge in [-0.1, -0.05) is 24.3 Å². The van der Waals surface area contributed by atoms with E-state index < -0.39 is 43.0 Å². The van der Waals surface area contributed by atoms with E-state index in [0.717, 1.165) is 0 Å². The molecule has 160 valence electrons. The molecular formula is C22H20N2O7. The van der Waals surface area contributed by atoms with Gasteiger partial charge in [-0.05, 0) is 24.3 Å². The van der Waals surface area contributed by atoms with Gasteiger partial charge in [-0.25, -0.2) is 4.99 Å². The van der Waals surface area contributed by atoms with Crippen molar-refractivity contribution in [1.82, 2.24) is 4.57 Å². The zero-order valence-corrected chi connectivity index (χ0v) is 16.2. The molecule has 0 unspecified atom stereocenters. The molecule has 1 aromatic heterocycles. The lowest BCUT2D eigenvalue weighted by Crippen LogP contribution is -2.56. The van der Waals surface area contributed by atoms with Crippen LogP contribution in [0.25, 0.3) is 10.9 Å². The van der Waals surface area contributed by atoms with Gasteiger partial charge in [0, 0.05) is 10.9 Å². The van der Waals surface area contributed by atoms with Crippen LogP contribution in [0.3, 0.4) is 0 Å². The van der Waals surface area contributed by atoms with Gasteiger partial charge in [0.1, 0.15) is 35.8 Å². The Bertz CT molecular complexity index is 1220. The van der Waals surface area contributed by atoms with Crippen LogP contribution in [0.5, 0.6) is 5.75 Å². The highest BCUT2D eigenvalue weighted by molar-refractivity contribution is 6.55. The Hall–Kier alpha value is -3.08. The van der Waals surface area contributed by atoms with E-state index in [4.69, 9.17) is 4.74 Å². The van der Waals surface area contributed by atoms with Crippen molar-refractivity contribution < 1.29 is 35.1 Å². The van der Waals surface area contributed by atoms with Gasteiger partial charge >= 0.3 is 0 Å². The number of aliphatic hydroxyl groups is 4. The molecule has 9 nitrogen and oxygen atoms in total. The van der Waals surface area contributed by atoms with Crippen molar-refractivity contribution in [1.29, 1.82) is 0 Å². The van der Waals surface area contributed by atoms with E-state index in [1.165, 1.54) is 4.57 Å². The zero-order valence-electron chi connectivity index (χ0n) is 16.2. The van der Waals surface area contributed by atoms with Gasteiger partial charge in [0.2, 0.25) is 5.78 Å². The molecule has 1 fully saturated rings. The Morgan fingerprint density at radius 3 is 2.42 bits per heavy atom. The zero-order chi connectivity index (χ0) is 21.9. The predicted molar refractivity (Wildman–Crippen MR) is 110 cm³/mol. The molecule has 5 rings (SSSR count). The fraction of sp³-hybridized carbons (Fsp3) is 0.273. The number of aromatic nitrogens is 1. The minimum absolute atomic E-state index is 0.0201. The summed E-state index contributed by atoms with van der Waals surface area (Å²) >= 11 is 0. The number of Topliss-reactive ketones (excluding diaryl/α,β-unsaturated/α-hetero) is 1. The number of carbonyl (C=O) groups excluding carboxylic acids is 1. The van der Waals surface area contributed by atoms with Crippen LogP contribution >= 0.6 is 0 Å². The molecule has 5 atom stereocenters. The van der Waals surface area contributed by atoms with Gasteiger partial charge < -0.3 is 34.8 Å². The number of ketones is 1. The fourth-order valence-electron chi connectivity index (χ4n) is 4.25. The second-order valence-corrected chi connectivity index (χ2v) is 7.61. The number of para-hydroxylation sites is 2. The number of ether oxygens (including phenoxy) is 1. The van der Waals surface area contributed by atoms with E-state index in [2.05, 4.69) is 4.99 Å². The quantitative estimate of drug-likeness (QED) is 0.415. The highest BCUT2D eigenvalue weighted by Crippen LogP contribution is 2.41. The monoisotopic (exact) mass is 424 g/mol. The first-order chi connectivity index (χ1) is 14.9. The smallest absolute Gasteiger partial charge is 0.215 e. The largest absolute Gasteiger partial charge is 0.505 e. The number of aromatic hydroxyl groups is 1. The normalized spacial score (nSPS) is 28.1. The van der Waals surface area contributed by atoms with E-state index >= 15 is 0 Å². The molecule has 0 bridgehead atoms. The summed E-state index contributed by atoms with van der Waals surface area (Å²) in [5.41, 5.74) is 1.24. The Morgan fingerprint density at radius 1 is 0.968 bits per heavy atom. The van der Waals surface area contributed by atoms with Gasteiger partial charge in [0.05, 0.1) is 17.8 Å². The van der Waals surface area contributed by atoms with Gasteiger partial charge in [-0.15, -0.1) is 0 Å². The molecule has 9 heteroatoms. The molecule has 0 aliphatic carbocycles. The molecule has 0 amide bonds. The van der Waals surface area contributed by atoms with Crippen LogP contribution in [0.2, 0.25) is 0 Å². The number of aliphatic hydroxyl groups excluding tert-OH is 4. The summed E-state index contributed by atoms with van der Waals surface area (Å²) in [4.78, 5) is 17.5. The molecule has 3 aromatic rings. The molecule has 2 aromatic carbocycles. The number of aliphatic imine (C=N–C) groups is 1. The van der Waals surface area contributed by atoms with Crippen LogP contribution < -0.4 is 0 Å². The van der Waals surface area contributed by atoms with Crippen LogP contribution in [-0.2, 0) is 4.74 Å². The summed E-state index contributed by atoms with van der Waals surface area (Å²) < 4.78 is 7.11. The number of benzene rings is 2. The molecule has 2 aliphatic heterocycles. The standard InChI is InChI=1S/C22H20N2O7/c25-9-14-19(28)20(29)21(30)22(31-14)24-13-8-4-2-6-11(13)18(27)16(24)15-17(26)10-5-1-3-7-12(10)23-15/h1-8,14,19-22,25,27-30H,9H2/t14-,19-,20+,21+,22+/m1/s1. The number of rotatable bonds is 3. The van der Waals surface area contributed by atoms with E-state index in [9.17, 15) is 30.3 Å². The van der Waals surface area contributed by atoms with Gasteiger partial charge in [0.25, 0.3) is 0 Å². The molecule has 5 N–H and O–H groups in total. The molecule has 0 spiro atoms. The minimum atomic E-state index is -1.62. The Balaban J connectivity index is 1.74. The first-order valence-electron chi connectivity index (χ1n) is 9.79. The van der Waals surface area contributed by atoms with Crippen molar-refractivity contribution in [3.8, 4) is 5.75 Å². The topological polar surface area (TPSA) is 145 Å². The summed E-state index contributed by atoms with van der Waals surface area (Å²) in [5, 5.41) is 52.1. The van der Waals surface area contributed by atoms with Crippen LogP contribution in [-0.4, -0.2) is 72.6 Å². The number of hydrogen-bond donors (Lipinski definition) is 5. The third-order valence-electron chi connectivity index (χ3n) is 5.83. The molecular weight excluding hydrogens is 404 g/mol. The molecule has 3 heterocycles. The molecule has 1 saturated heterocycles. The average Bonchev–Trinajstić information content (AvgIpc) is 3.27. The number of carbonyl (C=O) groups is 1. The highest BCUT2D eigenvalue weighted by atomic mass is 16.6. The highest BCUT2D eigenvalue weighted by Gasteiger charge is 2.46. The molecule has 31 heavy (non-hydrogen) atoms. The van der Waals surface area contributed by atoms with Crippen molar-refractivity contribution in [3.05, 3.63) is 59.8 Å². The fourth-order valence-corrected chi connectivity index (χ4v) is 4.25. The molecule has 0 saturated carbocycles. The lowest BCUT2D eigenvalue weighted by atomic mass is 9.98. The van der Waals surface area contributed by atoms with Gasteiger partial charge in [0.15, 0.2) is 12.0 Å². The summed E-state index contributed by atoms with van der Waals surface area (Å²) in [6.07, 6.45) is -7.23. The number of hydrogen-bond acceptors (Lipinski definition) is 8. The first kappa shape index (κ1) is 19.9. The third kappa shape index (κ3) is 2.83. The van der Waals surface area contributed by atoms with Crippen LogP contribution in [0.4, 0.5) is 5.69 Å². The van der Waals surface area contributed by atoms with Crippen LogP contribution in [0.1, 0.15) is 22.3 Å². The van der Waals surface area contributed by atoms with Gasteiger partial charge in [-0.2, -0.15) is 0 Å². The van der Waals surface area contributed by atoms with Crippen molar-refractivity contribution in [2.45, 2.75) is 30.6 Å². The average molecular weight is 424 g/mol. The third-order valence-corrected chi connectivity index (χ3v) is 5.83. The second kappa shape index (κ2) is 7.26. The maximum absolute atomic E-state index is 13.1. The van der Waals surface area contributed by atoms with E-state index in [0.29, 0.717) is 22.2 Å². The maximum Gasteiger partial charge on any atom is 0.215 e. The van der Waals surface area contributed by atoms with E-state index in [1.54, 1.807) is 48.5 Å². The molecule has 2 aliphatic rings. The van der Waals surface area contributed by atoms with Crippen molar-refractivity contribution in [2.24, 2.45) is 4.99 Å². The lowest BCUT2D eigenvalue weighted by molar-refractivity contribution is -0.250. The van der Waals surface area contributed by atoms with Crippen molar-refractivity contribution >= 4 is 28.1 Å². The first-order valence-corrected chi connectivity index (χ1v) is 9.79. The summed E-state index contributed by atoms with van der Waals surface area (Å²) in [6.45, 7) is -0.604. The number of nitrogens with zero attached hydrogens (tertiary/aromatic N) is 2. The van der Waals surface area contributed by atoms with E-state index in [1.807, 2.05) is 0 Å². The van der Waals surface area contributed by atoms with Crippen LogP contribution in [0.15, 0.2) is 53.5 Å². The van der Waals surface area contributed by atoms with E-state index in [-0.39, 0.29) is 17.2 Å². The van der Waals surface area contributed by atoms with Crippen molar-refractivity contribution in [2.75, 3.05) is 6.61 Å². The summed E-state index contributed by atoms with van der Waals surface area (Å²) in [7, 11) is 0. The Morgan fingerprint density at radius 2 is 1.68 bits per heavy atom. The summed E-state index contributed by atoms with van der Waals surface area (Å²) in [5.74, 6) is -0.632. The predicted octanol–water partition coefficient (Wildman–Crippen LogP) is 0.636.